The van der Waals surface area contributed by atoms with Gasteiger partial charge in [-0.3, -0.25) is 0 Å². The van der Waals surface area contributed by atoms with E-state index in [-0.39, 0.29) is 12.1 Å². The van der Waals surface area contributed by atoms with E-state index in [0.717, 1.165) is 0 Å². The van der Waals surface area contributed by atoms with Crippen molar-refractivity contribution in [2.45, 2.75) is 24.4 Å². The van der Waals surface area contributed by atoms with E-state index in [2.05, 4.69) is 22.9 Å². The molecule has 68 valence electrons. The molecule has 2 saturated heterocycles. The third-order valence-electron chi connectivity index (χ3n) is 3.46. The number of nitrogens with zero attached hydrogens (tertiary/aromatic N) is 1. The van der Waals surface area contributed by atoms with Crippen LogP contribution in [0, 0.1) is 5.41 Å². The molecule has 0 aromatic carbocycles. The highest BCUT2D eigenvalue weighted by molar-refractivity contribution is 14.1. The standard InChI is InChI=1S/C7H8F2INO/c8-4-5(9)7-2-12-1-3(7)11(10)6(4)7/h3-6H,1-2H2. The number of ether oxygens (including phenoxy) is 1. The lowest BCUT2D eigenvalue weighted by molar-refractivity contribution is -0.225. The fourth-order valence-corrected chi connectivity index (χ4v) is 4.23. The molecule has 1 spiro atoms. The van der Waals surface area contributed by atoms with Gasteiger partial charge in [0.25, 0.3) is 0 Å². The molecule has 12 heavy (non-hydrogen) atoms. The van der Waals surface area contributed by atoms with E-state index in [1.165, 1.54) is 0 Å². The normalized spacial score (nSPS) is 63.2. The second-order valence-corrected chi connectivity index (χ2v) is 4.89. The summed E-state index contributed by atoms with van der Waals surface area (Å²) in [5.41, 5.74) is -0.472. The summed E-state index contributed by atoms with van der Waals surface area (Å²) in [6, 6.07) is -0.106. The first-order valence-corrected chi connectivity index (χ1v) is 4.96. The Balaban J connectivity index is 1.94. The molecule has 1 saturated carbocycles. The van der Waals surface area contributed by atoms with E-state index in [9.17, 15) is 8.78 Å². The fourth-order valence-electron chi connectivity index (χ4n) is 2.72. The van der Waals surface area contributed by atoms with Gasteiger partial charge in [0.15, 0.2) is 0 Å². The van der Waals surface area contributed by atoms with Gasteiger partial charge in [-0.15, -0.1) is 0 Å². The molecule has 2 heterocycles. The largest absolute Gasteiger partial charge is 0.379 e. The van der Waals surface area contributed by atoms with Gasteiger partial charge >= 0.3 is 0 Å². The van der Waals surface area contributed by atoms with Crippen LogP contribution in [0.25, 0.3) is 0 Å². The minimum absolute atomic E-state index is 0.116. The molecule has 0 amide bonds. The van der Waals surface area contributed by atoms with Crippen molar-refractivity contribution in [3.8, 4) is 0 Å². The third-order valence-corrected chi connectivity index (χ3v) is 4.73. The average Bonchev–Trinajstić information content (AvgIpc) is 2.45. The monoisotopic (exact) mass is 287 g/mol. The van der Waals surface area contributed by atoms with Gasteiger partial charge in [0.2, 0.25) is 0 Å². The molecule has 2 nitrogen and oxygen atoms in total. The molecule has 0 aromatic heterocycles. The number of piperidine rings is 1. The van der Waals surface area contributed by atoms with Gasteiger partial charge in [-0.1, -0.05) is 0 Å². The number of halogens is 3. The lowest BCUT2D eigenvalue weighted by atomic mass is 9.53. The summed E-state index contributed by atoms with van der Waals surface area (Å²) >= 11 is 2.07. The molecule has 0 aromatic rings. The van der Waals surface area contributed by atoms with Crippen LogP contribution in [0.1, 0.15) is 0 Å². The Morgan fingerprint density at radius 3 is 3.00 bits per heavy atom. The van der Waals surface area contributed by atoms with Crippen LogP contribution in [-0.4, -0.2) is 40.8 Å². The third kappa shape index (κ3) is 0.552. The van der Waals surface area contributed by atoms with Gasteiger partial charge < -0.3 is 4.74 Å². The quantitative estimate of drug-likeness (QED) is 0.488. The predicted molar refractivity (Wildman–Crippen MR) is 46.5 cm³/mol. The van der Waals surface area contributed by atoms with E-state index in [1.54, 1.807) is 0 Å². The van der Waals surface area contributed by atoms with E-state index >= 15 is 0 Å². The first kappa shape index (κ1) is 7.87. The minimum Gasteiger partial charge on any atom is -0.379 e. The van der Waals surface area contributed by atoms with Crippen LogP contribution in [0.2, 0.25) is 0 Å². The molecule has 5 atom stereocenters. The molecule has 3 fully saturated rings. The fraction of sp³-hybridized carbons (Fsp3) is 1.00. The molecule has 5 unspecified atom stereocenters. The second kappa shape index (κ2) is 2.12. The maximum Gasteiger partial charge on any atom is 0.149 e. The van der Waals surface area contributed by atoms with Crippen LogP contribution >= 0.6 is 22.9 Å². The highest BCUT2D eigenvalue weighted by Crippen LogP contribution is 2.64. The van der Waals surface area contributed by atoms with Gasteiger partial charge in [0.1, 0.15) is 12.3 Å². The van der Waals surface area contributed by atoms with Crippen molar-refractivity contribution in [3.63, 3.8) is 0 Å². The zero-order chi connectivity index (χ0) is 8.51. The molecule has 0 N–H and O–H groups in total. The van der Waals surface area contributed by atoms with Crippen molar-refractivity contribution >= 4 is 22.9 Å². The van der Waals surface area contributed by atoms with E-state index in [1.807, 2.05) is 3.11 Å². The molecule has 1 aliphatic carbocycles. The summed E-state index contributed by atoms with van der Waals surface area (Å²) in [5, 5.41) is 0. The van der Waals surface area contributed by atoms with Crippen molar-refractivity contribution in [2.75, 3.05) is 13.2 Å². The number of rotatable bonds is 0. The van der Waals surface area contributed by atoms with Crippen LogP contribution in [0.5, 0.6) is 0 Å². The van der Waals surface area contributed by atoms with Crippen LogP contribution in [0.4, 0.5) is 8.78 Å². The smallest absolute Gasteiger partial charge is 0.149 e. The lowest BCUT2D eigenvalue weighted by Crippen LogP contribution is -2.84. The first-order chi connectivity index (χ1) is 5.69. The summed E-state index contributed by atoms with van der Waals surface area (Å²) < 4.78 is 33.3. The second-order valence-electron chi connectivity index (χ2n) is 3.78. The van der Waals surface area contributed by atoms with Crippen molar-refractivity contribution in [1.29, 1.82) is 0 Å². The van der Waals surface area contributed by atoms with Crippen molar-refractivity contribution in [3.05, 3.63) is 0 Å². The predicted octanol–water partition coefficient (Wildman–Crippen LogP) is 1.10. The Labute approximate surface area is 82.7 Å². The summed E-state index contributed by atoms with van der Waals surface area (Å²) in [5.74, 6) is 0. The summed E-state index contributed by atoms with van der Waals surface area (Å²) in [4.78, 5) is 0. The van der Waals surface area contributed by atoms with Gasteiger partial charge in [-0.05, 0) is 0 Å². The molecule has 3 rings (SSSR count). The van der Waals surface area contributed by atoms with Gasteiger partial charge in [-0.2, -0.15) is 0 Å². The topological polar surface area (TPSA) is 12.5 Å². The maximum atomic E-state index is 13.2. The molecule has 2 aliphatic heterocycles. The van der Waals surface area contributed by atoms with Crippen LogP contribution < -0.4 is 0 Å². The van der Waals surface area contributed by atoms with E-state index in [4.69, 9.17) is 4.74 Å². The van der Waals surface area contributed by atoms with Crippen LogP contribution in [0.3, 0.4) is 0 Å². The number of hydrogen-bond donors (Lipinski definition) is 0. The maximum absolute atomic E-state index is 13.2. The molecule has 0 radical (unpaired) electrons. The Morgan fingerprint density at radius 2 is 2.25 bits per heavy atom. The summed E-state index contributed by atoms with van der Waals surface area (Å²) in [6.07, 6.45) is -2.58. The zero-order valence-corrected chi connectivity index (χ0v) is 8.37. The lowest BCUT2D eigenvalue weighted by Gasteiger charge is -2.67. The van der Waals surface area contributed by atoms with Crippen LogP contribution in [0.15, 0.2) is 0 Å². The molecular weight excluding hydrogens is 279 g/mol. The van der Waals surface area contributed by atoms with E-state index in [0.29, 0.717) is 13.2 Å². The average molecular weight is 287 g/mol. The Morgan fingerprint density at radius 1 is 1.50 bits per heavy atom. The first-order valence-electron chi connectivity index (χ1n) is 3.99. The van der Waals surface area contributed by atoms with E-state index < -0.39 is 17.8 Å². The Bertz CT molecular complexity index is 241. The number of alkyl halides is 2. The summed E-state index contributed by atoms with van der Waals surface area (Å²) in [6.45, 7) is 0.968. The molecular formula is C7H8F2INO. The van der Waals surface area contributed by atoms with Crippen LogP contribution in [-0.2, 0) is 4.74 Å². The Kier molecular flexibility index (Phi) is 1.39. The Hall–Kier alpha value is 0.510. The minimum atomic E-state index is -1.29. The summed E-state index contributed by atoms with van der Waals surface area (Å²) in [7, 11) is 0. The molecule has 5 heteroatoms. The van der Waals surface area contributed by atoms with Crippen molar-refractivity contribution < 1.29 is 13.5 Å². The van der Waals surface area contributed by atoms with Crippen molar-refractivity contribution in [1.82, 2.24) is 3.11 Å². The molecule has 0 bridgehead atoms. The van der Waals surface area contributed by atoms with Gasteiger partial charge in [0, 0.05) is 22.9 Å². The van der Waals surface area contributed by atoms with Gasteiger partial charge in [0.05, 0.1) is 30.7 Å². The highest BCUT2D eigenvalue weighted by atomic mass is 127. The van der Waals surface area contributed by atoms with Gasteiger partial charge in [-0.25, -0.2) is 11.9 Å². The van der Waals surface area contributed by atoms with Crippen molar-refractivity contribution in [2.24, 2.45) is 5.41 Å². The SMILES string of the molecule is FC1C(F)C23COCC2N(I)C13. The molecule has 3 aliphatic rings. The zero-order valence-electron chi connectivity index (χ0n) is 6.21. The highest BCUT2D eigenvalue weighted by Gasteiger charge is 2.79. The number of hydrogen-bond acceptors (Lipinski definition) is 2.